The molecular formula is C16H8F4N2S. The van der Waals surface area contributed by atoms with Crippen molar-refractivity contribution in [2.24, 2.45) is 0 Å². The van der Waals surface area contributed by atoms with E-state index >= 15 is 0 Å². The van der Waals surface area contributed by atoms with Crippen molar-refractivity contribution < 1.29 is 17.6 Å². The molecule has 0 aliphatic carbocycles. The van der Waals surface area contributed by atoms with Crippen molar-refractivity contribution in [3.63, 3.8) is 0 Å². The third-order valence-corrected chi connectivity index (χ3v) is 4.58. The van der Waals surface area contributed by atoms with Gasteiger partial charge in [0.1, 0.15) is 5.82 Å². The lowest BCUT2D eigenvalue weighted by molar-refractivity contribution is -0.137. The standard InChI is InChI=1S/C16H8F4N2S/c17-12-7-11-10-6-8(16(18,19)20)3-4-13(10)23-22-15(11)14-9(12)2-1-5-21-14/h1-7,22H. The molecule has 4 rings (SSSR count). The Balaban J connectivity index is 2.02. The van der Waals surface area contributed by atoms with Gasteiger partial charge in [-0.3, -0.25) is 4.98 Å². The molecule has 3 aromatic rings. The van der Waals surface area contributed by atoms with Gasteiger partial charge in [-0.25, -0.2) is 4.39 Å². The number of hydrogen-bond acceptors (Lipinski definition) is 3. The first-order chi connectivity index (χ1) is 10.9. The molecule has 1 N–H and O–H groups in total. The van der Waals surface area contributed by atoms with Crippen LogP contribution in [0.4, 0.5) is 23.2 Å². The number of anilines is 1. The van der Waals surface area contributed by atoms with Crippen LogP contribution in [0.3, 0.4) is 0 Å². The molecule has 1 aromatic heterocycles. The van der Waals surface area contributed by atoms with E-state index in [1.54, 1.807) is 12.1 Å². The highest BCUT2D eigenvalue weighted by atomic mass is 32.2. The minimum Gasteiger partial charge on any atom is -0.323 e. The van der Waals surface area contributed by atoms with Gasteiger partial charge in [0, 0.05) is 22.0 Å². The highest BCUT2D eigenvalue weighted by molar-refractivity contribution is 8.00. The minimum atomic E-state index is -4.45. The van der Waals surface area contributed by atoms with Crippen molar-refractivity contribution in [2.45, 2.75) is 11.1 Å². The molecular weight excluding hydrogens is 328 g/mol. The Bertz CT molecular complexity index is 937. The van der Waals surface area contributed by atoms with E-state index in [2.05, 4.69) is 9.71 Å². The Labute approximate surface area is 132 Å². The summed E-state index contributed by atoms with van der Waals surface area (Å²) in [6.07, 6.45) is -2.92. The predicted molar refractivity (Wildman–Crippen MR) is 81.6 cm³/mol. The van der Waals surface area contributed by atoms with Crippen molar-refractivity contribution in [1.82, 2.24) is 4.98 Å². The molecule has 0 atom stereocenters. The molecule has 0 spiro atoms. The topological polar surface area (TPSA) is 24.9 Å². The second kappa shape index (κ2) is 4.86. The number of alkyl halides is 3. The maximum Gasteiger partial charge on any atom is 0.416 e. The van der Waals surface area contributed by atoms with Crippen LogP contribution in [0.1, 0.15) is 5.56 Å². The number of fused-ring (bicyclic) bond motifs is 5. The monoisotopic (exact) mass is 336 g/mol. The molecule has 0 fully saturated rings. The number of pyridine rings is 1. The highest BCUT2D eigenvalue weighted by Crippen LogP contribution is 2.47. The molecule has 23 heavy (non-hydrogen) atoms. The number of nitrogens with one attached hydrogen (secondary N) is 1. The van der Waals surface area contributed by atoms with Crippen LogP contribution in [-0.4, -0.2) is 4.98 Å². The molecule has 0 amide bonds. The lowest BCUT2D eigenvalue weighted by Crippen LogP contribution is -2.07. The van der Waals surface area contributed by atoms with E-state index in [9.17, 15) is 17.6 Å². The van der Waals surface area contributed by atoms with Gasteiger partial charge >= 0.3 is 6.18 Å². The van der Waals surface area contributed by atoms with E-state index in [1.165, 1.54) is 30.3 Å². The first-order valence-electron chi connectivity index (χ1n) is 6.67. The number of halogens is 4. The van der Waals surface area contributed by atoms with Gasteiger partial charge in [0.05, 0.1) is 16.8 Å². The van der Waals surface area contributed by atoms with Gasteiger partial charge in [-0.1, -0.05) is 0 Å². The summed E-state index contributed by atoms with van der Waals surface area (Å²) in [6, 6.07) is 7.92. The first-order valence-corrected chi connectivity index (χ1v) is 7.48. The van der Waals surface area contributed by atoms with Gasteiger partial charge in [0.15, 0.2) is 0 Å². The van der Waals surface area contributed by atoms with E-state index < -0.39 is 17.6 Å². The van der Waals surface area contributed by atoms with Crippen LogP contribution >= 0.6 is 11.9 Å². The van der Waals surface area contributed by atoms with Crippen LogP contribution in [0, 0.1) is 5.82 Å². The average molecular weight is 336 g/mol. The molecule has 2 aromatic carbocycles. The smallest absolute Gasteiger partial charge is 0.323 e. The summed E-state index contributed by atoms with van der Waals surface area (Å²) in [7, 11) is 0. The largest absolute Gasteiger partial charge is 0.416 e. The summed E-state index contributed by atoms with van der Waals surface area (Å²) in [5.74, 6) is -0.510. The molecule has 7 heteroatoms. The summed E-state index contributed by atoms with van der Waals surface area (Å²) in [6.45, 7) is 0. The fourth-order valence-corrected chi connectivity index (χ4v) is 3.46. The van der Waals surface area contributed by atoms with E-state index in [0.717, 1.165) is 12.1 Å². The Morgan fingerprint density at radius 2 is 1.87 bits per heavy atom. The minimum absolute atomic E-state index is 0.328. The summed E-state index contributed by atoms with van der Waals surface area (Å²) >= 11 is 1.19. The summed E-state index contributed by atoms with van der Waals surface area (Å²) < 4.78 is 56.2. The molecule has 1 aliphatic rings. The zero-order valence-corrected chi connectivity index (χ0v) is 12.2. The maximum atomic E-state index is 14.3. The zero-order chi connectivity index (χ0) is 16.2. The molecule has 0 bridgehead atoms. The zero-order valence-electron chi connectivity index (χ0n) is 11.4. The maximum absolute atomic E-state index is 14.3. The Hall–Kier alpha value is -2.28. The van der Waals surface area contributed by atoms with Gasteiger partial charge in [0.2, 0.25) is 0 Å². The van der Waals surface area contributed by atoms with Crippen LogP contribution in [0.25, 0.3) is 22.0 Å². The Kier molecular flexibility index (Phi) is 3.02. The lowest BCUT2D eigenvalue weighted by atomic mass is 9.98. The number of rotatable bonds is 0. The third kappa shape index (κ3) is 2.23. The molecule has 0 saturated heterocycles. The highest BCUT2D eigenvalue weighted by Gasteiger charge is 2.32. The van der Waals surface area contributed by atoms with Crippen LogP contribution in [0.2, 0.25) is 0 Å². The number of benzene rings is 2. The van der Waals surface area contributed by atoms with E-state index in [-0.39, 0.29) is 0 Å². The molecule has 0 saturated carbocycles. The number of hydrogen-bond donors (Lipinski definition) is 1. The molecule has 0 unspecified atom stereocenters. The fourth-order valence-electron chi connectivity index (χ4n) is 2.63. The number of nitrogens with zero attached hydrogens (tertiary/aromatic N) is 1. The molecule has 0 radical (unpaired) electrons. The van der Waals surface area contributed by atoms with Gasteiger partial charge in [-0.05, 0) is 53.9 Å². The van der Waals surface area contributed by atoms with Crippen LogP contribution in [0.5, 0.6) is 0 Å². The Morgan fingerprint density at radius 3 is 2.65 bits per heavy atom. The molecule has 1 aliphatic heterocycles. The second-order valence-electron chi connectivity index (χ2n) is 5.09. The van der Waals surface area contributed by atoms with Crippen LogP contribution < -0.4 is 4.72 Å². The van der Waals surface area contributed by atoms with Crippen molar-refractivity contribution in [3.05, 3.63) is 54.0 Å². The van der Waals surface area contributed by atoms with Crippen molar-refractivity contribution >= 4 is 28.5 Å². The normalized spacial score (nSPS) is 13.4. The summed E-state index contributed by atoms with van der Waals surface area (Å²) in [5.41, 5.74) is 0.904. The summed E-state index contributed by atoms with van der Waals surface area (Å²) in [4.78, 5) is 4.77. The van der Waals surface area contributed by atoms with Crippen LogP contribution in [-0.2, 0) is 6.18 Å². The molecule has 2 nitrogen and oxygen atoms in total. The van der Waals surface area contributed by atoms with E-state index in [4.69, 9.17) is 0 Å². The van der Waals surface area contributed by atoms with E-state index in [0.29, 0.717) is 32.6 Å². The molecule has 116 valence electrons. The molecule has 2 heterocycles. The second-order valence-corrected chi connectivity index (χ2v) is 5.94. The van der Waals surface area contributed by atoms with Gasteiger partial charge in [0.25, 0.3) is 0 Å². The lowest BCUT2D eigenvalue weighted by Gasteiger charge is -2.23. The van der Waals surface area contributed by atoms with E-state index in [1.807, 2.05) is 0 Å². The fraction of sp³-hybridized carbons (Fsp3) is 0.0625. The SMILES string of the molecule is Fc1cc2c(c3ncccc13)NSc1ccc(C(F)(F)F)cc1-2. The third-order valence-electron chi connectivity index (χ3n) is 3.70. The van der Waals surface area contributed by atoms with Crippen molar-refractivity contribution in [3.8, 4) is 11.1 Å². The quantitative estimate of drug-likeness (QED) is 0.434. The number of aromatic nitrogens is 1. The van der Waals surface area contributed by atoms with Crippen LogP contribution in [0.15, 0.2) is 47.5 Å². The van der Waals surface area contributed by atoms with Crippen molar-refractivity contribution in [1.29, 1.82) is 0 Å². The first kappa shape index (κ1) is 14.3. The van der Waals surface area contributed by atoms with Gasteiger partial charge in [-0.15, -0.1) is 0 Å². The average Bonchev–Trinajstić information content (AvgIpc) is 2.54. The van der Waals surface area contributed by atoms with Gasteiger partial charge < -0.3 is 4.72 Å². The van der Waals surface area contributed by atoms with Crippen molar-refractivity contribution in [2.75, 3.05) is 4.72 Å². The van der Waals surface area contributed by atoms with Gasteiger partial charge in [-0.2, -0.15) is 13.2 Å². The Morgan fingerprint density at radius 1 is 1.04 bits per heavy atom. The summed E-state index contributed by atoms with van der Waals surface area (Å²) in [5, 5.41) is 0.328. The predicted octanol–water partition coefficient (Wildman–Crippen LogP) is 5.49.